The normalized spacial score (nSPS) is 12.1. The second-order valence-electron chi connectivity index (χ2n) is 11.0. The molecule has 2 aromatic heterocycles. The van der Waals surface area contributed by atoms with Gasteiger partial charge in [-0.15, -0.1) is 0 Å². The first-order chi connectivity index (χ1) is 24.7. The van der Waals surface area contributed by atoms with Gasteiger partial charge in [0, 0.05) is 26.1 Å². The number of carbonyl (C=O) groups is 4. The van der Waals surface area contributed by atoms with Crippen LogP contribution in [0.3, 0.4) is 0 Å². The van der Waals surface area contributed by atoms with Crippen LogP contribution in [0.5, 0.6) is 0 Å². The fourth-order valence-corrected chi connectivity index (χ4v) is 4.60. The van der Waals surface area contributed by atoms with Gasteiger partial charge in [0.15, 0.2) is 56.9 Å². The van der Waals surface area contributed by atoms with E-state index in [0.717, 1.165) is 5.56 Å². The summed E-state index contributed by atoms with van der Waals surface area (Å²) in [4.78, 5) is 73.8. The number of benzene rings is 1. The molecule has 0 aliphatic heterocycles. The van der Waals surface area contributed by atoms with Gasteiger partial charge in [0.2, 0.25) is 11.8 Å². The van der Waals surface area contributed by atoms with Gasteiger partial charge >= 0.3 is 0 Å². The molecule has 0 spiro atoms. The number of nitrogens with two attached hydrogens (primary N) is 6. The Morgan fingerprint density at radius 1 is 0.712 bits per heavy atom. The van der Waals surface area contributed by atoms with Gasteiger partial charge < -0.3 is 45.0 Å². The van der Waals surface area contributed by atoms with Crippen molar-refractivity contribution in [1.29, 1.82) is 0 Å². The number of hydrogen-bond donors (Lipinski definition) is 10. The molecule has 2 heterocycles. The van der Waals surface area contributed by atoms with Gasteiger partial charge in [0.25, 0.3) is 11.8 Å². The van der Waals surface area contributed by atoms with Crippen molar-refractivity contribution in [3.8, 4) is 0 Å². The number of amides is 4. The Bertz CT molecular complexity index is 1810. The summed E-state index contributed by atoms with van der Waals surface area (Å²) in [7, 11) is 0. The van der Waals surface area contributed by atoms with Crippen LogP contribution >= 0.6 is 23.2 Å². The minimum atomic E-state index is -0.805. The zero-order valence-electron chi connectivity index (χ0n) is 27.9. The van der Waals surface area contributed by atoms with Gasteiger partial charge in [-0.3, -0.25) is 39.8 Å². The first kappa shape index (κ1) is 40.4. The molecule has 20 nitrogen and oxygen atoms in total. The van der Waals surface area contributed by atoms with E-state index < -0.39 is 17.9 Å². The molecule has 0 aliphatic rings. The third kappa shape index (κ3) is 13.0. The quantitative estimate of drug-likeness (QED) is 0.0500. The Morgan fingerprint density at radius 3 is 1.77 bits per heavy atom. The minimum absolute atomic E-state index is 0.0341. The molecule has 278 valence electrons. The first-order valence-corrected chi connectivity index (χ1v) is 16.5. The van der Waals surface area contributed by atoms with Gasteiger partial charge in [-0.1, -0.05) is 53.5 Å². The Morgan fingerprint density at radius 2 is 1.23 bits per heavy atom. The van der Waals surface area contributed by atoms with E-state index in [9.17, 15) is 19.2 Å². The maximum Gasteiger partial charge on any atom is 0.280 e. The van der Waals surface area contributed by atoms with Crippen LogP contribution in [-0.2, 0) is 16.0 Å². The van der Waals surface area contributed by atoms with Crippen LogP contribution in [0.25, 0.3) is 0 Å². The van der Waals surface area contributed by atoms with E-state index in [1.807, 2.05) is 30.3 Å². The maximum absolute atomic E-state index is 13.1. The SMILES string of the molecule is NC(=NCCCCNC(=O)[C@@H](CCc1ccccc1)NC(=O)CCCN=C(N)NC(=O)c1nc(Cl)c(N)nc1N)NC(=O)c1nc(Cl)c(N)nc1N. The average molecular weight is 760 g/mol. The van der Waals surface area contributed by atoms with Gasteiger partial charge in [0.1, 0.15) is 6.04 Å². The number of carbonyl (C=O) groups excluding carboxylic acids is 4. The number of nitrogen functional groups attached to an aromatic ring is 4. The number of halogens is 2. The summed E-state index contributed by atoms with van der Waals surface area (Å²) in [5.74, 6) is -3.38. The summed E-state index contributed by atoms with van der Waals surface area (Å²) >= 11 is 11.6. The van der Waals surface area contributed by atoms with Crippen LogP contribution in [0.15, 0.2) is 40.3 Å². The van der Waals surface area contributed by atoms with Crippen molar-refractivity contribution in [2.24, 2.45) is 21.5 Å². The molecule has 4 amide bonds. The first-order valence-electron chi connectivity index (χ1n) is 15.8. The molecular formula is C30H40Cl2N16O4. The molecule has 0 radical (unpaired) electrons. The van der Waals surface area contributed by atoms with Crippen LogP contribution in [-0.4, -0.2) is 81.2 Å². The second-order valence-corrected chi connectivity index (χ2v) is 11.7. The van der Waals surface area contributed by atoms with Crippen molar-refractivity contribution in [3.63, 3.8) is 0 Å². The standard InChI is InChI=1S/C30H40Cl2N16O4/c31-20-24(35)45-22(33)18(43-20)27(51)47-29(37)40-13-5-4-12-39-26(50)16(11-10-15-7-2-1-3-8-15)42-17(49)9-6-14-41-30(38)48-28(52)19-23(34)46-25(36)21(32)44-19/h1-3,7-8,16H,4-6,9-14H2,(H,39,50)(H,42,49)(H4,33,35,45)(H4,34,36,46)(H3,37,40,47,51)(H3,38,41,48,52)/t16-/m1/s1. The van der Waals surface area contributed by atoms with Crippen molar-refractivity contribution in [2.75, 3.05) is 42.6 Å². The van der Waals surface area contributed by atoms with Gasteiger partial charge in [-0.25, -0.2) is 19.9 Å². The summed E-state index contributed by atoms with van der Waals surface area (Å²) in [5.41, 5.74) is 34.4. The van der Waals surface area contributed by atoms with E-state index >= 15 is 0 Å². The molecule has 16 N–H and O–H groups in total. The number of anilines is 4. The Hall–Kier alpha value is -6.02. The molecule has 3 rings (SSSR count). The fourth-order valence-electron chi connectivity index (χ4n) is 4.35. The third-order valence-corrected chi connectivity index (χ3v) is 7.51. The van der Waals surface area contributed by atoms with E-state index in [0.29, 0.717) is 32.2 Å². The highest BCUT2D eigenvalue weighted by atomic mass is 35.5. The van der Waals surface area contributed by atoms with Gasteiger partial charge in [-0.05, 0) is 37.7 Å². The molecular weight excluding hydrogens is 719 g/mol. The monoisotopic (exact) mass is 758 g/mol. The predicted octanol–water partition coefficient (Wildman–Crippen LogP) is -0.514. The van der Waals surface area contributed by atoms with E-state index in [1.54, 1.807) is 0 Å². The molecule has 52 heavy (non-hydrogen) atoms. The number of hydrogen-bond acceptors (Lipinski definition) is 14. The van der Waals surface area contributed by atoms with Crippen molar-refractivity contribution in [2.45, 2.75) is 44.6 Å². The van der Waals surface area contributed by atoms with Gasteiger partial charge in [-0.2, -0.15) is 0 Å². The van der Waals surface area contributed by atoms with Crippen molar-refractivity contribution >= 4 is 82.0 Å². The Balaban J connectivity index is 1.44. The summed E-state index contributed by atoms with van der Waals surface area (Å²) in [6.07, 6.45) is 2.26. The number of unbranched alkanes of at least 4 members (excludes halogenated alkanes) is 1. The van der Waals surface area contributed by atoms with E-state index in [1.165, 1.54) is 0 Å². The molecule has 1 atom stereocenters. The zero-order chi connectivity index (χ0) is 38.2. The Labute approximate surface area is 308 Å². The lowest BCUT2D eigenvalue weighted by Crippen LogP contribution is -2.47. The van der Waals surface area contributed by atoms with Crippen molar-refractivity contribution in [1.82, 2.24) is 41.2 Å². The molecule has 0 saturated carbocycles. The highest BCUT2D eigenvalue weighted by Gasteiger charge is 2.21. The molecule has 1 aromatic carbocycles. The Kier molecular flexibility index (Phi) is 15.5. The smallest absolute Gasteiger partial charge is 0.280 e. The van der Waals surface area contributed by atoms with E-state index in [2.05, 4.69) is 51.2 Å². The van der Waals surface area contributed by atoms with Crippen LogP contribution < -0.4 is 55.7 Å². The summed E-state index contributed by atoms with van der Waals surface area (Å²) < 4.78 is 0. The molecule has 22 heteroatoms. The number of rotatable bonds is 16. The largest absolute Gasteiger partial charge is 0.382 e. The van der Waals surface area contributed by atoms with Crippen LogP contribution in [0.1, 0.15) is 58.6 Å². The highest BCUT2D eigenvalue weighted by Crippen LogP contribution is 2.18. The molecule has 3 aromatic rings. The predicted molar refractivity (Wildman–Crippen MR) is 198 cm³/mol. The maximum atomic E-state index is 13.1. The molecule has 0 fully saturated rings. The summed E-state index contributed by atoms with van der Waals surface area (Å²) in [6, 6.07) is 8.73. The topological polar surface area (TPSA) is 349 Å². The number of guanidine groups is 2. The van der Waals surface area contributed by atoms with Crippen molar-refractivity contribution < 1.29 is 19.2 Å². The van der Waals surface area contributed by atoms with E-state index in [4.69, 9.17) is 57.6 Å². The summed E-state index contributed by atoms with van der Waals surface area (Å²) in [5, 5.41) is 9.91. The van der Waals surface area contributed by atoms with Crippen LogP contribution in [0.2, 0.25) is 10.3 Å². The van der Waals surface area contributed by atoms with Gasteiger partial charge in [0.05, 0.1) is 0 Å². The van der Waals surface area contributed by atoms with Crippen molar-refractivity contribution in [3.05, 3.63) is 57.6 Å². The summed E-state index contributed by atoms with van der Waals surface area (Å²) in [6.45, 7) is 0.640. The third-order valence-electron chi connectivity index (χ3n) is 6.95. The molecule has 0 aliphatic carbocycles. The minimum Gasteiger partial charge on any atom is -0.382 e. The van der Waals surface area contributed by atoms with E-state index in [-0.39, 0.29) is 94.6 Å². The molecule has 0 saturated heterocycles. The number of aliphatic imine (C=N–C) groups is 2. The number of nitrogens with one attached hydrogen (secondary N) is 4. The number of aromatic nitrogens is 4. The average Bonchev–Trinajstić information content (AvgIpc) is 3.09. The van der Waals surface area contributed by atoms with Crippen LogP contribution in [0.4, 0.5) is 23.3 Å². The highest BCUT2D eigenvalue weighted by molar-refractivity contribution is 6.32. The molecule has 0 bridgehead atoms. The van der Waals surface area contributed by atoms with Crippen LogP contribution in [0, 0.1) is 0 Å². The number of nitrogens with zero attached hydrogens (tertiary/aromatic N) is 6. The molecule has 0 unspecified atom stereocenters. The lowest BCUT2D eigenvalue weighted by molar-refractivity contribution is -0.129. The lowest BCUT2D eigenvalue weighted by atomic mass is 10.0. The second kappa shape index (κ2) is 20.0. The zero-order valence-corrected chi connectivity index (χ0v) is 29.4. The lowest BCUT2D eigenvalue weighted by Gasteiger charge is -2.18. The fraction of sp³-hybridized carbons (Fsp3) is 0.333. The number of aryl methyl sites for hydroxylation is 1.